The number of nitrogens with two attached hydrogens (primary N) is 1. The summed E-state index contributed by atoms with van der Waals surface area (Å²) in [4.78, 5) is -0.188. The molecule has 0 radical (unpaired) electrons. The second-order valence-corrected chi connectivity index (χ2v) is 5.63. The van der Waals surface area contributed by atoms with Gasteiger partial charge in [0.2, 0.25) is 9.84 Å². The van der Waals surface area contributed by atoms with Crippen molar-refractivity contribution in [1.82, 2.24) is 10.2 Å². The van der Waals surface area contributed by atoms with E-state index in [4.69, 9.17) is 11.0 Å². The molecule has 1 aromatic heterocycles. The van der Waals surface area contributed by atoms with Gasteiger partial charge in [0.05, 0.1) is 4.90 Å². The number of nitrogen functional groups attached to an aromatic ring is 1. The second-order valence-electron chi connectivity index (χ2n) is 3.74. The maximum Gasteiger partial charge on any atom is 0.213 e. The summed E-state index contributed by atoms with van der Waals surface area (Å²) in [5.74, 6) is -0.202. The monoisotopic (exact) mass is 262 g/mol. The van der Waals surface area contributed by atoms with Crippen LogP contribution < -0.4 is 5.73 Å². The first-order valence-electron chi connectivity index (χ1n) is 5.02. The Bertz CT molecular complexity index is 723. The number of benzene rings is 1. The minimum Gasteiger partial charge on any atom is -0.381 e. The van der Waals surface area contributed by atoms with Crippen molar-refractivity contribution >= 4 is 15.7 Å². The quantitative estimate of drug-likeness (QED) is 0.838. The summed E-state index contributed by atoms with van der Waals surface area (Å²) in [6, 6.07) is 8.02. The van der Waals surface area contributed by atoms with Crippen molar-refractivity contribution in [2.24, 2.45) is 0 Å². The molecule has 92 valence electrons. The normalized spacial score (nSPS) is 11.1. The predicted octanol–water partition coefficient (Wildman–Crippen LogP) is 1.00. The molecule has 1 heterocycles. The van der Waals surface area contributed by atoms with Crippen molar-refractivity contribution in [2.75, 3.05) is 5.73 Å². The smallest absolute Gasteiger partial charge is 0.213 e. The third-order valence-corrected chi connectivity index (χ3v) is 4.30. The molecule has 3 N–H and O–H groups in total. The Kier molecular flexibility index (Phi) is 2.80. The highest BCUT2D eigenvalue weighted by Crippen LogP contribution is 2.27. The average Bonchev–Trinajstić information content (AvgIpc) is 2.71. The summed E-state index contributed by atoms with van der Waals surface area (Å²) >= 11 is 0. The van der Waals surface area contributed by atoms with E-state index < -0.39 is 9.84 Å². The molecule has 0 fully saturated rings. The van der Waals surface area contributed by atoms with Crippen molar-refractivity contribution in [3.63, 3.8) is 0 Å². The number of rotatable bonds is 2. The lowest BCUT2D eigenvalue weighted by Crippen LogP contribution is -2.05. The van der Waals surface area contributed by atoms with Gasteiger partial charge in [-0.1, -0.05) is 17.7 Å². The number of anilines is 1. The van der Waals surface area contributed by atoms with E-state index in [0.29, 0.717) is 0 Å². The summed E-state index contributed by atoms with van der Waals surface area (Å²) in [5.41, 5.74) is 6.28. The molecule has 6 nitrogen and oxygen atoms in total. The summed E-state index contributed by atoms with van der Waals surface area (Å²) in [5, 5.41) is 14.7. The molecule has 2 aromatic rings. The number of nitrogens with zero attached hydrogens (tertiary/aromatic N) is 2. The number of hydrogen-bond acceptors (Lipinski definition) is 5. The van der Waals surface area contributed by atoms with E-state index in [-0.39, 0.29) is 21.3 Å². The zero-order valence-corrected chi connectivity index (χ0v) is 10.3. The van der Waals surface area contributed by atoms with E-state index in [2.05, 4.69) is 10.2 Å². The van der Waals surface area contributed by atoms with Crippen molar-refractivity contribution in [2.45, 2.75) is 16.7 Å². The van der Waals surface area contributed by atoms with Gasteiger partial charge in [-0.3, -0.25) is 5.10 Å². The van der Waals surface area contributed by atoms with Gasteiger partial charge in [-0.05, 0) is 19.1 Å². The summed E-state index contributed by atoms with van der Waals surface area (Å²) < 4.78 is 24.6. The summed E-state index contributed by atoms with van der Waals surface area (Å²) in [7, 11) is -3.83. The highest BCUT2D eigenvalue weighted by molar-refractivity contribution is 7.91. The number of aromatic nitrogens is 2. The maximum absolute atomic E-state index is 12.3. The third-order valence-electron chi connectivity index (χ3n) is 2.46. The maximum atomic E-state index is 12.3. The van der Waals surface area contributed by atoms with Crippen LogP contribution in [0.15, 0.2) is 34.1 Å². The standard InChI is InChI=1S/C11H10N4O2S/c1-7-2-4-8(5-3-7)18(16,17)10-9(6-12)14-15-11(10)13/h2-5H,1H3,(H3,13,14,15). The van der Waals surface area contributed by atoms with E-state index in [1.807, 2.05) is 6.92 Å². The highest BCUT2D eigenvalue weighted by atomic mass is 32.2. The SMILES string of the molecule is Cc1ccc(S(=O)(=O)c2c(N)n[nH]c2C#N)cc1. The molecule has 18 heavy (non-hydrogen) atoms. The Hall–Kier alpha value is -2.33. The molecule has 0 aliphatic rings. The van der Waals surface area contributed by atoms with Gasteiger partial charge in [0.25, 0.3) is 0 Å². The molecule has 0 saturated heterocycles. The van der Waals surface area contributed by atoms with E-state index in [1.54, 1.807) is 18.2 Å². The fourth-order valence-corrected chi connectivity index (χ4v) is 2.94. The first-order chi connectivity index (χ1) is 8.46. The van der Waals surface area contributed by atoms with Crippen molar-refractivity contribution in [3.05, 3.63) is 35.5 Å². The molecular formula is C11H10N4O2S. The number of aryl methyl sites for hydroxylation is 1. The Labute approximate surface area is 104 Å². The fourth-order valence-electron chi connectivity index (χ4n) is 1.53. The number of hydrogen-bond donors (Lipinski definition) is 2. The molecule has 0 atom stereocenters. The van der Waals surface area contributed by atoms with Crippen LogP contribution in [0.2, 0.25) is 0 Å². The van der Waals surface area contributed by atoms with Crippen molar-refractivity contribution in [3.8, 4) is 6.07 Å². The van der Waals surface area contributed by atoms with E-state index >= 15 is 0 Å². The lowest BCUT2D eigenvalue weighted by molar-refractivity contribution is 0.596. The number of nitriles is 1. The number of H-pyrrole nitrogens is 1. The fraction of sp³-hybridized carbons (Fsp3) is 0.0909. The molecule has 0 aliphatic heterocycles. The second kappa shape index (κ2) is 4.16. The first-order valence-corrected chi connectivity index (χ1v) is 6.51. The molecule has 2 rings (SSSR count). The topological polar surface area (TPSA) is 113 Å². The summed E-state index contributed by atoms with van der Waals surface area (Å²) in [6.07, 6.45) is 0. The van der Waals surface area contributed by atoms with Gasteiger partial charge in [0, 0.05) is 0 Å². The molecule has 0 saturated carbocycles. The van der Waals surface area contributed by atoms with Gasteiger partial charge in [-0.2, -0.15) is 10.4 Å². The first kappa shape index (κ1) is 12.1. The Balaban J connectivity index is 2.66. The number of aromatic amines is 1. The number of nitrogens with one attached hydrogen (secondary N) is 1. The number of sulfone groups is 1. The van der Waals surface area contributed by atoms with Gasteiger partial charge in [0.15, 0.2) is 16.4 Å². The molecule has 0 bridgehead atoms. The van der Waals surface area contributed by atoms with Gasteiger partial charge in [0.1, 0.15) is 6.07 Å². The van der Waals surface area contributed by atoms with Crippen LogP contribution in [-0.4, -0.2) is 18.6 Å². The van der Waals surface area contributed by atoms with Gasteiger partial charge >= 0.3 is 0 Å². The lowest BCUT2D eigenvalue weighted by atomic mass is 10.2. The van der Waals surface area contributed by atoms with Crippen LogP contribution in [0.4, 0.5) is 5.82 Å². The molecule has 1 aromatic carbocycles. The van der Waals surface area contributed by atoms with Crippen LogP contribution in [0.3, 0.4) is 0 Å². The minimum absolute atomic E-state index is 0.0812. The molecule has 0 aliphatic carbocycles. The summed E-state index contributed by atoms with van der Waals surface area (Å²) in [6.45, 7) is 1.85. The van der Waals surface area contributed by atoms with Crippen LogP contribution in [0.1, 0.15) is 11.3 Å². The van der Waals surface area contributed by atoms with E-state index in [9.17, 15) is 8.42 Å². The molecule has 0 spiro atoms. The van der Waals surface area contributed by atoms with Gasteiger partial charge in [-0.15, -0.1) is 0 Å². The van der Waals surface area contributed by atoms with Crippen LogP contribution in [0, 0.1) is 18.3 Å². The minimum atomic E-state index is -3.83. The van der Waals surface area contributed by atoms with E-state index in [1.165, 1.54) is 12.1 Å². The Morgan fingerprint density at radius 2 is 1.94 bits per heavy atom. The molecule has 0 unspecified atom stereocenters. The zero-order chi connectivity index (χ0) is 13.3. The van der Waals surface area contributed by atoms with Crippen LogP contribution in [0.25, 0.3) is 0 Å². The van der Waals surface area contributed by atoms with Gasteiger partial charge < -0.3 is 5.73 Å². The Morgan fingerprint density at radius 1 is 1.33 bits per heavy atom. The van der Waals surface area contributed by atoms with Crippen LogP contribution >= 0.6 is 0 Å². The highest BCUT2D eigenvalue weighted by Gasteiger charge is 2.26. The van der Waals surface area contributed by atoms with E-state index in [0.717, 1.165) is 5.56 Å². The average molecular weight is 262 g/mol. The molecule has 7 heteroatoms. The van der Waals surface area contributed by atoms with Crippen molar-refractivity contribution < 1.29 is 8.42 Å². The third kappa shape index (κ3) is 1.83. The van der Waals surface area contributed by atoms with Crippen LogP contribution in [-0.2, 0) is 9.84 Å². The molecular weight excluding hydrogens is 252 g/mol. The Morgan fingerprint density at radius 3 is 2.50 bits per heavy atom. The van der Waals surface area contributed by atoms with Gasteiger partial charge in [-0.25, -0.2) is 8.42 Å². The molecule has 0 amide bonds. The lowest BCUT2D eigenvalue weighted by Gasteiger charge is -2.03. The van der Waals surface area contributed by atoms with Crippen molar-refractivity contribution in [1.29, 1.82) is 5.26 Å². The largest absolute Gasteiger partial charge is 0.381 e. The predicted molar refractivity (Wildman–Crippen MR) is 64.3 cm³/mol. The van der Waals surface area contributed by atoms with Crippen LogP contribution in [0.5, 0.6) is 0 Å². The zero-order valence-electron chi connectivity index (χ0n) is 9.51.